The van der Waals surface area contributed by atoms with Crippen LogP contribution in [0.5, 0.6) is 0 Å². The second-order valence-corrected chi connectivity index (χ2v) is 5.56. The van der Waals surface area contributed by atoms with Crippen LogP contribution in [0.15, 0.2) is 30.3 Å². The Morgan fingerprint density at radius 2 is 1.82 bits per heavy atom. The van der Waals surface area contributed by atoms with Gasteiger partial charge in [0.15, 0.2) is 0 Å². The molecule has 1 N–H and O–H groups in total. The van der Waals surface area contributed by atoms with Gasteiger partial charge in [0.1, 0.15) is 5.02 Å². The van der Waals surface area contributed by atoms with Crippen LogP contribution in [0.3, 0.4) is 0 Å². The monoisotopic (exact) mass is 318 g/mol. The third-order valence-corrected chi connectivity index (χ3v) is 3.67. The molecule has 0 atom stereocenters. The van der Waals surface area contributed by atoms with Crippen molar-refractivity contribution in [2.45, 2.75) is 20.8 Å². The number of nitro groups is 1. The number of halogens is 1. The molecule has 0 heterocycles. The van der Waals surface area contributed by atoms with Crippen molar-refractivity contribution in [1.82, 2.24) is 0 Å². The van der Waals surface area contributed by atoms with Crippen molar-refractivity contribution < 1.29 is 9.72 Å². The van der Waals surface area contributed by atoms with Crippen molar-refractivity contribution in [1.29, 1.82) is 0 Å². The number of anilines is 1. The summed E-state index contributed by atoms with van der Waals surface area (Å²) in [5.74, 6) is -0.273. The second kappa shape index (κ2) is 6.15. The fourth-order valence-electron chi connectivity index (χ4n) is 2.20. The highest BCUT2D eigenvalue weighted by Crippen LogP contribution is 2.30. The van der Waals surface area contributed by atoms with Gasteiger partial charge >= 0.3 is 0 Å². The number of hydrogen-bond acceptors (Lipinski definition) is 3. The van der Waals surface area contributed by atoms with Gasteiger partial charge in [0, 0.05) is 17.3 Å². The van der Waals surface area contributed by atoms with Gasteiger partial charge in [-0.1, -0.05) is 29.3 Å². The average Bonchev–Trinajstić information content (AvgIpc) is 2.41. The molecule has 0 bridgehead atoms. The molecule has 0 aliphatic heterocycles. The molecule has 0 spiro atoms. The lowest BCUT2D eigenvalue weighted by atomic mass is 10.0. The molecule has 114 valence electrons. The van der Waals surface area contributed by atoms with E-state index in [0.29, 0.717) is 16.8 Å². The zero-order chi connectivity index (χ0) is 16.4. The average molecular weight is 319 g/mol. The largest absolute Gasteiger partial charge is 0.322 e. The first-order chi connectivity index (χ1) is 10.3. The van der Waals surface area contributed by atoms with Gasteiger partial charge in [0.2, 0.25) is 0 Å². The molecule has 0 aliphatic rings. The lowest BCUT2D eigenvalue weighted by Crippen LogP contribution is -2.14. The summed E-state index contributed by atoms with van der Waals surface area (Å²) >= 11 is 5.88. The Hall–Kier alpha value is -2.40. The molecule has 0 aliphatic carbocycles. The number of rotatable bonds is 3. The lowest BCUT2D eigenvalue weighted by Gasteiger charge is -2.11. The molecule has 22 heavy (non-hydrogen) atoms. The van der Waals surface area contributed by atoms with Gasteiger partial charge in [-0.05, 0) is 44.0 Å². The minimum absolute atomic E-state index is 0.00784. The molecule has 0 saturated heterocycles. The van der Waals surface area contributed by atoms with E-state index in [1.54, 1.807) is 13.0 Å². The fraction of sp³-hybridized carbons (Fsp3) is 0.188. The molecule has 0 saturated carbocycles. The lowest BCUT2D eigenvalue weighted by molar-refractivity contribution is -0.384. The summed E-state index contributed by atoms with van der Waals surface area (Å²) in [7, 11) is 0. The maximum absolute atomic E-state index is 12.3. The number of benzene rings is 2. The number of carbonyl (C=O) groups is 1. The fourth-order valence-corrected chi connectivity index (χ4v) is 2.43. The molecular weight excluding hydrogens is 304 g/mol. The summed E-state index contributed by atoms with van der Waals surface area (Å²) in [5.41, 5.74) is 3.35. The normalized spacial score (nSPS) is 10.4. The molecular formula is C16H15ClN2O3. The molecule has 0 fully saturated rings. The van der Waals surface area contributed by atoms with Crippen molar-refractivity contribution in [2.24, 2.45) is 0 Å². The predicted octanol–water partition coefficient (Wildman–Crippen LogP) is 4.43. The highest BCUT2D eigenvalue weighted by atomic mass is 35.5. The van der Waals surface area contributed by atoms with Crippen LogP contribution < -0.4 is 5.32 Å². The maximum Gasteiger partial charge on any atom is 0.288 e. The topological polar surface area (TPSA) is 72.2 Å². The maximum atomic E-state index is 12.3. The van der Waals surface area contributed by atoms with E-state index in [1.165, 1.54) is 12.1 Å². The van der Waals surface area contributed by atoms with Crippen LogP contribution in [0.4, 0.5) is 11.4 Å². The Morgan fingerprint density at radius 3 is 2.41 bits per heavy atom. The number of nitrogens with one attached hydrogen (secondary N) is 1. The third-order valence-electron chi connectivity index (χ3n) is 3.37. The highest BCUT2D eigenvalue weighted by molar-refractivity contribution is 6.33. The summed E-state index contributed by atoms with van der Waals surface area (Å²) in [6.07, 6.45) is 0. The second-order valence-electron chi connectivity index (χ2n) is 5.15. The van der Waals surface area contributed by atoms with Gasteiger partial charge in [0.05, 0.1) is 4.92 Å². The van der Waals surface area contributed by atoms with Crippen LogP contribution in [-0.4, -0.2) is 10.8 Å². The van der Waals surface area contributed by atoms with E-state index in [4.69, 9.17) is 11.6 Å². The van der Waals surface area contributed by atoms with Crippen LogP contribution in [0.1, 0.15) is 27.0 Å². The molecule has 5 nitrogen and oxygen atoms in total. The summed E-state index contributed by atoms with van der Waals surface area (Å²) in [5, 5.41) is 13.6. The van der Waals surface area contributed by atoms with E-state index >= 15 is 0 Å². The Bertz CT molecular complexity index is 772. The van der Waals surface area contributed by atoms with Gasteiger partial charge in [-0.2, -0.15) is 0 Å². The molecule has 0 aromatic heterocycles. The quantitative estimate of drug-likeness (QED) is 0.672. The Morgan fingerprint density at radius 1 is 1.14 bits per heavy atom. The summed E-state index contributed by atoms with van der Waals surface area (Å²) in [6, 6.07) is 8.28. The number of aryl methyl sites for hydroxylation is 3. The van der Waals surface area contributed by atoms with Crippen molar-refractivity contribution in [3.05, 3.63) is 67.7 Å². The molecule has 0 radical (unpaired) electrons. The van der Waals surface area contributed by atoms with Crippen molar-refractivity contribution in [3.8, 4) is 0 Å². The van der Waals surface area contributed by atoms with Crippen LogP contribution >= 0.6 is 11.6 Å². The van der Waals surface area contributed by atoms with E-state index in [-0.39, 0.29) is 16.6 Å². The van der Waals surface area contributed by atoms with E-state index in [2.05, 4.69) is 5.32 Å². The standard InChI is InChI=1S/C16H15ClN2O3/c1-9-4-5-12(10(2)6-9)16(20)18-14-8-13(17)15(19(21)22)7-11(14)3/h4-8H,1-3H3,(H,18,20). The Labute approximate surface area is 133 Å². The molecule has 1 amide bonds. The van der Waals surface area contributed by atoms with Crippen molar-refractivity contribution in [3.63, 3.8) is 0 Å². The summed E-state index contributed by atoms with van der Waals surface area (Å²) in [6.45, 7) is 5.49. The smallest absolute Gasteiger partial charge is 0.288 e. The minimum atomic E-state index is -0.551. The molecule has 2 rings (SSSR count). The summed E-state index contributed by atoms with van der Waals surface area (Å²) < 4.78 is 0. The number of carbonyl (C=O) groups excluding carboxylic acids is 1. The van der Waals surface area contributed by atoms with Crippen LogP contribution in [-0.2, 0) is 0 Å². The van der Waals surface area contributed by atoms with E-state index in [1.807, 2.05) is 26.0 Å². The zero-order valence-corrected chi connectivity index (χ0v) is 13.2. The van der Waals surface area contributed by atoms with Crippen LogP contribution in [0.2, 0.25) is 5.02 Å². The van der Waals surface area contributed by atoms with Gasteiger partial charge < -0.3 is 5.32 Å². The summed E-state index contributed by atoms with van der Waals surface area (Å²) in [4.78, 5) is 22.6. The van der Waals surface area contributed by atoms with Crippen molar-refractivity contribution >= 4 is 28.9 Å². The van der Waals surface area contributed by atoms with Crippen LogP contribution in [0, 0.1) is 30.9 Å². The number of amides is 1. The van der Waals surface area contributed by atoms with E-state index in [0.717, 1.165) is 11.1 Å². The molecule has 6 heteroatoms. The number of hydrogen-bond donors (Lipinski definition) is 1. The van der Waals surface area contributed by atoms with Gasteiger partial charge in [0.25, 0.3) is 11.6 Å². The molecule has 2 aromatic carbocycles. The first-order valence-electron chi connectivity index (χ1n) is 6.62. The van der Waals surface area contributed by atoms with E-state index in [9.17, 15) is 14.9 Å². The molecule has 2 aromatic rings. The predicted molar refractivity (Wildman–Crippen MR) is 86.7 cm³/mol. The van der Waals surface area contributed by atoms with E-state index < -0.39 is 4.92 Å². The number of nitrogens with zero attached hydrogens (tertiary/aromatic N) is 1. The molecule has 0 unspecified atom stereocenters. The number of nitro benzene ring substituents is 1. The van der Waals surface area contributed by atoms with Crippen LogP contribution in [0.25, 0.3) is 0 Å². The first-order valence-corrected chi connectivity index (χ1v) is 7.00. The minimum Gasteiger partial charge on any atom is -0.322 e. The van der Waals surface area contributed by atoms with Crippen molar-refractivity contribution in [2.75, 3.05) is 5.32 Å². The zero-order valence-electron chi connectivity index (χ0n) is 12.4. The first kappa shape index (κ1) is 16.0. The third kappa shape index (κ3) is 3.26. The Kier molecular flexibility index (Phi) is 4.47. The van der Waals surface area contributed by atoms with Gasteiger partial charge in [-0.3, -0.25) is 14.9 Å². The van der Waals surface area contributed by atoms with Gasteiger partial charge in [-0.25, -0.2) is 0 Å². The Balaban J connectivity index is 2.32. The SMILES string of the molecule is Cc1ccc(C(=O)Nc2cc(Cl)c([N+](=O)[O-])cc2C)c(C)c1. The van der Waals surface area contributed by atoms with Gasteiger partial charge in [-0.15, -0.1) is 0 Å². The highest BCUT2D eigenvalue weighted by Gasteiger charge is 2.17.